The molecule has 0 aliphatic heterocycles. The summed E-state index contributed by atoms with van der Waals surface area (Å²) in [5, 5.41) is 14.1. The van der Waals surface area contributed by atoms with Crippen molar-refractivity contribution in [3.63, 3.8) is 0 Å². The summed E-state index contributed by atoms with van der Waals surface area (Å²) >= 11 is 0. The SMILES string of the molecule is CC(C)[C@@H](NC(=O)/C=C/CNC(=O)OCC1c2ccccc2-c2ccccc21)C(=O)O. The quantitative estimate of drug-likeness (QED) is 0.566. The number of hydrogen-bond acceptors (Lipinski definition) is 4. The second kappa shape index (κ2) is 9.93. The van der Waals surface area contributed by atoms with Crippen molar-refractivity contribution in [1.29, 1.82) is 0 Å². The van der Waals surface area contributed by atoms with Crippen molar-refractivity contribution in [1.82, 2.24) is 10.6 Å². The Morgan fingerprint density at radius 3 is 2.16 bits per heavy atom. The predicted octanol–water partition coefficient (Wildman–Crippen LogP) is 3.31. The first kappa shape index (κ1) is 22.1. The zero-order chi connectivity index (χ0) is 22.4. The number of amides is 2. The molecule has 0 spiro atoms. The Morgan fingerprint density at radius 2 is 1.61 bits per heavy atom. The largest absolute Gasteiger partial charge is 0.480 e. The van der Waals surface area contributed by atoms with Gasteiger partial charge in [0.05, 0.1) is 0 Å². The van der Waals surface area contributed by atoms with Gasteiger partial charge in [-0.05, 0) is 28.2 Å². The van der Waals surface area contributed by atoms with Gasteiger partial charge in [0.15, 0.2) is 0 Å². The Balaban J connectivity index is 1.49. The van der Waals surface area contributed by atoms with E-state index in [-0.39, 0.29) is 25.0 Å². The van der Waals surface area contributed by atoms with Crippen LogP contribution in [-0.2, 0) is 14.3 Å². The average molecular weight is 422 g/mol. The maximum atomic E-state index is 12.1. The van der Waals surface area contributed by atoms with Gasteiger partial charge in [-0.25, -0.2) is 9.59 Å². The van der Waals surface area contributed by atoms with Crippen molar-refractivity contribution >= 4 is 18.0 Å². The molecule has 0 unspecified atom stereocenters. The van der Waals surface area contributed by atoms with Gasteiger partial charge in [-0.15, -0.1) is 0 Å². The standard InChI is InChI=1S/C24H26N2O5/c1-15(2)22(23(28)29)26-21(27)12-7-13-25-24(30)31-14-20-18-10-5-3-8-16(18)17-9-4-6-11-19(17)20/h3-12,15,20,22H,13-14H2,1-2H3,(H,25,30)(H,26,27)(H,28,29)/b12-7+/t22-/m1/s1. The molecule has 2 aromatic rings. The third-order valence-corrected chi connectivity index (χ3v) is 5.21. The van der Waals surface area contributed by atoms with Crippen LogP contribution >= 0.6 is 0 Å². The van der Waals surface area contributed by atoms with E-state index in [9.17, 15) is 14.4 Å². The van der Waals surface area contributed by atoms with Crippen LogP contribution in [0.4, 0.5) is 4.79 Å². The summed E-state index contributed by atoms with van der Waals surface area (Å²) in [6.45, 7) is 3.71. The smallest absolute Gasteiger partial charge is 0.407 e. The minimum absolute atomic E-state index is 0.0246. The van der Waals surface area contributed by atoms with Crippen molar-refractivity contribution in [2.24, 2.45) is 5.92 Å². The van der Waals surface area contributed by atoms with Gasteiger partial charge in [0.25, 0.3) is 0 Å². The van der Waals surface area contributed by atoms with Gasteiger partial charge in [0, 0.05) is 18.5 Å². The van der Waals surface area contributed by atoms with E-state index >= 15 is 0 Å². The van der Waals surface area contributed by atoms with E-state index in [1.54, 1.807) is 13.8 Å². The van der Waals surface area contributed by atoms with Gasteiger partial charge in [-0.3, -0.25) is 4.79 Å². The molecule has 0 saturated heterocycles. The molecule has 1 aliphatic rings. The minimum Gasteiger partial charge on any atom is -0.480 e. The van der Waals surface area contributed by atoms with Crippen LogP contribution < -0.4 is 10.6 Å². The van der Waals surface area contributed by atoms with Gasteiger partial charge < -0.3 is 20.5 Å². The number of rotatable bonds is 8. The molecule has 3 N–H and O–H groups in total. The molecule has 0 radical (unpaired) electrons. The Bertz CT molecular complexity index is 953. The summed E-state index contributed by atoms with van der Waals surface area (Å²) in [6, 6.07) is 15.2. The van der Waals surface area contributed by atoms with Crippen molar-refractivity contribution in [3.05, 3.63) is 71.8 Å². The van der Waals surface area contributed by atoms with E-state index in [4.69, 9.17) is 9.84 Å². The average Bonchev–Trinajstić information content (AvgIpc) is 3.07. The van der Waals surface area contributed by atoms with Crippen LogP contribution in [0.2, 0.25) is 0 Å². The highest BCUT2D eigenvalue weighted by Gasteiger charge is 2.29. The molecule has 0 fully saturated rings. The second-order valence-corrected chi connectivity index (χ2v) is 7.68. The van der Waals surface area contributed by atoms with E-state index in [1.807, 2.05) is 36.4 Å². The number of carboxylic acid groups (broad SMARTS) is 1. The van der Waals surface area contributed by atoms with Gasteiger partial charge in [0.2, 0.25) is 5.91 Å². The zero-order valence-electron chi connectivity index (χ0n) is 17.5. The van der Waals surface area contributed by atoms with Crippen LogP contribution in [0.15, 0.2) is 60.7 Å². The number of alkyl carbamates (subject to hydrolysis) is 1. The van der Waals surface area contributed by atoms with Crippen molar-refractivity contribution in [2.45, 2.75) is 25.8 Å². The maximum absolute atomic E-state index is 12.1. The summed E-state index contributed by atoms with van der Waals surface area (Å²) in [4.78, 5) is 35.0. The van der Waals surface area contributed by atoms with E-state index < -0.39 is 24.0 Å². The summed E-state index contributed by atoms with van der Waals surface area (Å²) in [6.07, 6.45) is 2.05. The van der Waals surface area contributed by atoms with Gasteiger partial charge >= 0.3 is 12.1 Å². The van der Waals surface area contributed by atoms with Crippen molar-refractivity contribution < 1.29 is 24.2 Å². The molecule has 1 aliphatic carbocycles. The first-order valence-corrected chi connectivity index (χ1v) is 10.2. The molecule has 2 aromatic carbocycles. The first-order chi connectivity index (χ1) is 14.9. The third kappa shape index (κ3) is 5.31. The minimum atomic E-state index is -1.09. The summed E-state index contributed by atoms with van der Waals surface area (Å²) in [5.41, 5.74) is 4.57. The fourth-order valence-electron chi connectivity index (χ4n) is 3.67. The Morgan fingerprint density at radius 1 is 1.03 bits per heavy atom. The molecular formula is C24H26N2O5. The van der Waals surface area contributed by atoms with Crippen molar-refractivity contribution in [3.8, 4) is 11.1 Å². The molecule has 1 atom stereocenters. The number of nitrogens with one attached hydrogen (secondary N) is 2. The van der Waals surface area contributed by atoms with Gasteiger partial charge in [-0.1, -0.05) is 68.5 Å². The molecule has 7 heteroatoms. The van der Waals surface area contributed by atoms with Crippen LogP contribution in [0, 0.1) is 5.92 Å². The molecule has 31 heavy (non-hydrogen) atoms. The molecule has 3 rings (SSSR count). The van der Waals surface area contributed by atoms with Crippen LogP contribution in [0.3, 0.4) is 0 Å². The highest BCUT2D eigenvalue weighted by molar-refractivity contribution is 5.91. The second-order valence-electron chi connectivity index (χ2n) is 7.68. The molecule has 7 nitrogen and oxygen atoms in total. The molecule has 0 aromatic heterocycles. The number of benzene rings is 2. The fraction of sp³-hybridized carbons (Fsp3) is 0.292. The molecule has 2 amide bonds. The van der Waals surface area contributed by atoms with E-state index in [2.05, 4.69) is 22.8 Å². The number of carboxylic acids is 1. The number of hydrogen-bond donors (Lipinski definition) is 3. The molecule has 0 bridgehead atoms. The molecule has 162 valence electrons. The fourth-order valence-corrected chi connectivity index (χ4v) is 3.67. The highest BCUT2D eigenvalue weighted by Crippen LogP contribution is 2.44. The lowest BCUT2D eigenvalue weighted by molar-refractivity contribution is -0.142. The summed E-state index contributed by atoms with van der Waals surface area (Å²) < 4.78 is 5.41. The Labute approximate surface area is 181 Å². The Hall–Kier alpha value is -3.61. The van der Waals surface area contributed by atoms with Gasteiger partial charge in [-0.2, -0.15) is 0 Å². The number of fused-ring (bicyclic) bond motifs is 3. The summed E-state index contributed by atoms with van der Waals surface area (Å²) in [7, 11) is 0. The summed E-state index contributed by atoms with van der Waals surface area (Å²) in [5.74, 6) is -1.89. The van der Waals surface area contributed by atoms with Crippen LogP contribution in [0.25, 0.3) is 11.1 Å². The third-order valence-electron chi connectivity index (χ3n) is 5.21. The lowest BCUT2D eigenvalue weighted by Crippen LogP contribution is -2.43. The number of ether oxygens (including phenoxy) is 1. The van der Waals surface area contributed by atoms with Crippen molar-refractivity contribution in [2.75, 3.05) is 13.2 Å². The van der Waals surface area contributed by atoms with E-state index in [1.165, 1.54) is 12.2 Å². The zero-order valence-corrected chi connectivity index (χ0v) is 17.5. The lowest BCUT2D eigenvalue weighted by Gasteiger charge is -2.16. The first-order valence-electron chi connectivity index (χ1n) is 10.2. The molecule has 0 heterocycles. The molecule has 0 saturated carbocycles. The molecular weight excluding hydrogens is 396 g/mol. The highest BCUT2D eigenvalue weighted by atomic mass is 16.5. The Kier molecular flexibility index (Phi) is 7.07. The van der Waals surface area contributed by atoms with Crippen LogP contribution in [-0.4, -0.2) is 42.3 Å². The van der Waals surface area contributed by atoms with E-state index in [0.29, 0.717) is 0 Å². The lowest BCUT2D eigenvalue weighted by atomic mass is 9.98. The normalized spacial score (nSPS) is 13.5. The van der Waals surface area contributed by atoms with Crippen LogP contribution in [0.1, 0.15) is 30.9 Å². The van der Waals surface area contributed by atoms with Gasteiger partial charge in [0.1, 0.15) is 12.6 Å². The monoisotopic (exact) mass is 422 g/mol. The van der Waals surface area contributed by atoms with E-state index in [0.717, 1.165) is 22.3 Å². The number of carbonyl (C=O) groups is 3. The maximum Gasteiger partial charge on any atom is 0.407 e. The number of carbonyl (C=O) groups excluding carboxylic acids is 2. The van der Waals surface area contributed by atoms with Crippen LogP contribution in [0.5, 0.6) is 0 Å². The number of aliphatic carboxylic acids is 1. The predicted molar refractivity (Wildman–Crippen MR) is 117 cm³/mol. The topological polar surface area (TPSA) is 105 Å².